The third kappa shape index (κ3) is 2.84. The monoisotopic (exact) mass is 324 g/mol. The van der Waals surface area contributed by atoms with Gasteiger partial charge in [-0.05, 0) is 52.3 Å². The van der Waals surface area contributed by atoms with Gasteiger partial charge in [0.25, 0.3) is 0 Å². The first-order valence-electron chi connectivity index (χ1n) is 4.69. The van der Waals surface area contributed by atoms with Crippen molar-refractivity contribution in [2.75, 3.05) is 0 Å². The van der Waals surface area contributed by atoms with Crippen molar-refractivity contribution in [3.8, 4) is 0 Å². The molecule has 2 unspecified atom stereocenters. The van der Waals surface area contributed by atoms with Crippen molar-refractivity contribution < 1.29 is 5.11 Å². The summed E-state index contributed by atoms with van der Waals surface area (Å²) in [5.41, 5.74) is 0.937. The van der Waals surface area contributed by atoms with E-state index in [0.717, 1.165) is 15.6 Å². The zero-order valence-electron chi connectivity index (χ0n) is 8.30. The molecule has 0 aliphatic heterocycles. The third-order valence-electron chi connectivity index (χ3n) is 2.46. The molecule has 0 aliphatic carbocycles. The summed E-state index contributed by atoms with van der Waals surface area (Å²) < 4.78 is 1.07. The number of hydrogen-bond donors (Lipinski definition) is 1. The Morgan fingerprint density at radius 3 is 2.71 bits per heavy atom. The van der Waals surface area contributed by atoms with Gasteiger partial charge in [-0.1, -0.05) is 31.9 Å². The normalized spacial score (nSPS) is 15.2. The van der Waals surface area contributed by atoms with E-state index in [2.05, 4.69) is 29.5 Å². The molecule has 2 atom stereocenters. The van der Waals surface area contributed by atoms with E-state index in [1.54, 1.807) is 0 Å². The summed E-state index contributed by atoms with van der Waals surface area (Å²) in [5.74, 6) is 0.266. The Morgan fingerprint density at radius 2 is 2.14 bits per heavy atom. The van der Waals surface area contributed by atoms with Crippen molar-refractivity contribution >= 4 is 34.2 Å². The average Bonchev–Trinajstić information content (AvgIpc) is 2.19. The van der Waals surface area contributed by atoms with E-state index in [9.17, 15) is 5.11 Å². The summed E-state index contributed by atoms with van der Waals surface area (Å²) in [6.45, 7) is 4.12. The highest BCUT2D eigenvalue weighted by Gasteiger charge is 2.17. The fourth-order valence-corrected chi connectivity index (χ4v) is 2.11. The standard InChI is InChI=1S/C11H14ClIO/c1-3-7(2)11(14)9-6-8(12)4-5-10(9)13/h4-7,11,14H,3H2,1-2H3. The molecule has 0 saturated heterocycles. The Bertz CT molecular complexity index is 314. The number of aliphatic hydroxyl groups is 1. The van der Waals surface area contributed by atoms with Crippen LogP contribution in [0.5, 0.6) is 0 Å². The average molecular weight is 325 g/mol. The molecular weight excluding hydrogens is 310 g/mol. The van der Waals surface area contributed by atoms with Crippen LogP contribution in [0.15, 0.2) is 18.2 Å². The second kappa shape index (κ2) is 5.33. The highest BCUT2D eigenvalue weighted by Crippen LogP contribution is 2.29. The maximum absolute atomic E-state index is 10.0. The van der Waals surface area contributed by atoms with Crippen molar-refractivity contribution in [1.82, 2.24) is 0 Å². The van der Waals surface area contributed by atoms with Crippen molar-refractivity contribution in [2.45, 2.75) is 26.4 Å². The van der Waals surface area contributed by atoms with Crippen molar-refractivity contribution in [1.29, 1.82) is 0 Å². The largest absolute Gasteiger partial charge is 0.388 e. The molecule has 78 valence electrons. The molecule has 0 aliphatic rings. The van der Waals surface area contributed by atoms with Gasteiger partial charge in [-0.15, -0.1) is 0 Å². The van der Waals surface area contributed by atoms with E-state index in [1.807, 2.05) is 25.1 Å². The SMILES string of the molecule is CCC(C)C(O)c1cc(Cl)ccc1I. The van der Waals surface area contributed by atoms with Gasteiger partial charge in [0.15, 0.2) is 0 Å². The predicted molar refractivity (Wildman–Crippen MR) is 68.6 cm³/mol. The lowest BCUT2D eigenvalue weighted by Gasteiger charge is -2.19. The van der Waals surface area contributed by atoms with Crippen LogP contribution in [0.3, 0.4) is 0 Å². The molecule has 1 nitrogen and oxygen atoms in total. The van der Waals surface area contributed by atoms with E-state index in [4.69, 9.17) is 11.6 Å². The van der Waals surface area contributed by atoms with Crippen molar-refractivity contribution in [2.24, 2.45) is 5.92 Å². The van der Waals surface area contributed by atoms with Crippen LogP contribution in [0, 0.1) is 9.49 Å². The van der Waals surface area contributed by atoms with Gasteiger partial charge >= 0.3 is 0 Å². The first-order chi connectivity index (χ1) is 6.56. The van der Waals surface area contributed by atoms with Crippen LogP contribution in [0.25, 0.3) is 0 Å². The Morgan fingerprint density at radius 1 is 1.50 bits per heavy atom. The highest BCUT2D eigenvalue weighted by atomic mass is 127. The van der Waals surface area contributed by atoms with Crippen LogP contribution < -0.4 is 0 Å². The highest BCUT2D eigenvalue weighted by molar-refractivity contribution is 14.1. The molecule has 3 heteroatoms. The topological polar surface area (TPSA) is 20.2 Å². The number of rotatable bonds is 3. The number of hydrogen-bond acceptors (Lipinski definition) is 1. The van der Waals surface area contributed by atoms with Gasteiger partial charge in [-0.2, -0.15) is 0 Å². The Balaban J connectivity index is 2.99. The van der Waals surface area contributed by atoms with Crippen LogP contribution in [0.4, 0.5) is 0 Å². The molecule has 1 aromatic carbocycles. The summed E-state index contributed by atoms with van der Waals surface area (Å²) in [6, 6.07) is 5.63. The van der Waals surface area contributed by atoms with Crippen LogP contribution in [-0.2, 0) is 0 Å². The minimum Gasteiger partial charge on any atom is -0.388 e. The zero-order chi connectivity index (χ0) is 10.7. The minimum atomic E-state index is -0.411. The number of benzene rings is 1. The van der Waals surface area contributed by atoms with Gasteiger partial charge in [0.1, 0.15) is 0 Å². The van der Waals surface area contributed by atoms with Gasteiger partial charge in [-0.25, -0.2) is 0 Å². The molecule has 0 spiro atoms. The van der Waals surface area contributed by atoms with E-state index in [1.165, 1.54) is 0 Å². The quantitative estimate of drug-likeness (QED) is 0.833. The van der Waals surface area contributed by atoms with Crippen LogP contribution in [0.1, 0.15) is 31.9 Å². The summed E-state index contributed by atoms with van der Waals surface area (Å²) in [7, 11) is 0. The van der Waals surface area contributed by atoms with E-state index < -0.39 is 6.10 Å². The predicted octanol–water partition coefficient (Wildman–Crippen LogP) is 4.02. The molecule has 0 fully saturated rings. The van der Waals surface area contributed by atoms with E-state index >= 15 is 0 Å². The molecule has 0 bridgehead atoms. The second-order valence-electron chi connectivity index (χ2n) is 3.50. The molecular formula is C11H14ClIO. The molecule has 0 aromatic heterocycles. The summed E-state index contributed by atoms with van der Waals surface area (Å²) in [4.78, 5) is 0. The molecule has 0 heterocycles. The van der Waals surface area contributed by atoms with Crippen LogP contribution in [-0.4, -0.2) is 5.11 Å². The van der Waals surface area contributed by atoms with Crippen LogP contribution in [0.2, 0.25) is 5.02 Å². The lowest BCUT2D eigenvalue weighted by atomic mass is 9.95. The van der Waals surface area contributed by atoms with Gasteiger partial charge in [-0.3, -0.25) is 0 Å². The number of halogens is 2. The van der Waals surface area contributed by atoms with Crippen molar-refractivity contribution in [3.05, 3.63) is 32.4 Å². The Kier molecular flexibility index (Phi) is 4.67. The van der Waals surface area contributed by atoms with Gasteiger partial charge in [0.2, 0.25) is 0 Å². The molecule has 14 heavy (non-hydrogen) atoms. The fraction of sp³-hybridized carbons (Fsp3) is 0.455. The van der Waals surface area contributed by atoms with Gasteiger partial charge in [0, 0.05) is 8.59 Å². The summed E-state index contributed by atoms with van der Waals surface area (Å²) in [6.07, 6.45) is 0.551. The second-order valence-corrected chi connectivity index (χ2v) is 5.09. The summed E-state index contributed by atoms with van der Waals surface area (Å²) in [5, 5.41) is 10.7. The fourth-order valence-electron chi connectivity index (χ4n) is 1.27. The lowest BCUT2D eigenvalue weighted by molar-refractivity contribution is 0.115. The van der Waals surface area contributed by atoms with E-state index in [0.29, 0.717) is 5.02 Å². The first-order valence-corrected chi connectivity index (χ1v) is 6.15. The molecule has 0 amide bonds. The molecule has 0 radical (unpaired) electrons. The van der Waals surface area contributed by atoms with Gasteiger partial charge < -0.3 is 5.11 Å². The molecule has 1 rings (SSSR count). The smallest absolute Gasteiger partial charge is 0.0826 e. The maximum Gasteiger partial charge on any atom is 0.0826 e. The Labute approximate surface area is 104 Å². The first kappa shape index (κ1) is 12.3. The van der Waals surface area contributed by atoms with Crippen molar-refractivity contribution in [3.63, 3.8) is 0 Å². The molecule has 1 aromatic rings. The third-order valence-corrected chi connectivity index (χ3v) is 3.68. The molecule has 0 saturated carbocycles. The number of aliphatic hydroxyl groups excluding tert-OH is 1. The Hall–Kier alpha value is 0.200. The minimum absolute atomic E-state index is 0.266. The maximum atomic E-state index is 10.0. The summed E-state index contributed by atoms with van der Waals surface area (Å²) >= 11 is 8.12. The van der Waals surface area contributed by atoms with E-state index in [-0.39, 0.29) is 5.92 Å². The zero-order valence-corrected chi connectivity index (χ0v) is 11.2. The molecule has 1 N–H and O–H groups in total. The lowest BCUT2D eigenvalue weighted by Crippen LogP contribution is -2.09. The van der Waals surface area contributed by atoms with Crippen LogP contribution >= 0.6 is 34.2 Å². The van der Waals surface area contributed by atoms with Gasteiger partial charge in [0.05, 0.1) is 6.10 Å².